The number of rotatable bonds is 7. The highest BCUT2D eigenvalue weighted by molar-refractivity contribution is 5.88. The smallest absolute Gasteiger partial charge is 0.406 e. The monoisotopic (exact) mass is 380 g/mol. The maximum Gasteiger partial charge on any atom is 0.406 e. The van der Waals surface area contributed by atoms with Crippen molar-refractivity contribution in [2.24, 2.45) is 5.73 Å². The molecule has 0 unspecified atom stereocenters. The molecule has 0 bridgehead atoms. The molecule has 1 aromatic carbocycles. The molecule has 0 aliphatic carbocycles. The van der Waals surface area contributed by atoms with Crippen molar-refractivity contribution in [2.75, 3.05) is 13.7 Å². The molecule has 1 atom stereocenters. The van der Waals surface area contributed by atoms with Gasteiger partial charge in [-0.1, -0.05) is 0 Å². The number of carbonyl (C=O) groups is 3. The molecule has 0 saturated heterocycles. The molecular formula is C15H16F4N2O5. The zero-order chi connectivity index (χ0) is 20.1. The van der Waals surface area contributed by atoms with Crippen LogP contribution in [0.25, 0.3) is 0 Å². The molecule has 1 rings (SSSR count). The molecule has 0 aliphatic heterocycles. The Labute approximate surface area is 145 Å². The third-order valence-corrected chi connectivity index (χ3v) is 3.27. The van der Waals surface area contributed by atoms with Gasteiger partial charge in [0.2, 0.25) is 5.91 Å². The van der Waals surface area contributed by atoms with Crippen LogP contribution in [0.1, 0.15) is 22.3 Å². The highest BCUT2D eigenvalue weighted by Gasteiger charge is 2.35. The van der Waals surface area contributed by atoms with Gasteiger partial charge in [0.05, 0.1) is 25.1 Å². The van der Waals surface area contributed by atoms with E-state index in [0.29, 0.717) is 0 Å². The standard InChI is InChI=1S/C15H16F4N2O5/c1-26-12(22)5-11(20)13(23)21(7-15(17,18)19)6-9-4-8(14(24)25)2-3-10(9)16/h2-4,11H,5-7,20H2,1H3,(H,24,25)/t11-/m0/s1. The van der Waals surface area contributed by atoms with Gasteiger partial charge in [0.25, 0.3) is 0 Å². The molecule has 0 heterocycles. The summed E-state index contributed by atoms with van der Waals surface area (Å²) in [6.07, 6.45) is -5.48. The summed E-state index contributed by atoms with van der Waals surface area (Å²) >= 11 is 0. The molecular weight excluding hydrogens is 364 g/mol. The lowest BCUT2D eigenvalue weighted by Crippen LogP contribution is -2.48. The SMILES string of the molecule is COC(=O)C[C@H](N)C(=O)N(Cc1cc(C(=O)O)ccc1F)CC(F)(F)F. The summed E-state index contributed by atoms with van der Waals surface area (Å²) in [6, 6.07) is 0.888. The number of benzene rings is 1. The van der Waals surface area contributed by atoms with Crippen LogP contribution in [0.15, 0.2) is 18.2 Å². The second-order valence-corrected chi connectivity index (χ2v) is 5.31. The van der Waals surface area contributed by atoms with E-state index in [-0.39, 0.29) is 10.5 Å². The summed E-state index contributed by atoms with van der Waals surface area (Å²) in [5.74, 6) is -4.57. The van der Waals surface area contributed by atoms with Crippen LogP contribution in [-0.2, 0) is 20.9 Å². The van der Waals surface area contributed by atoms with Gasteiger partial charge < -0.3 is 20.5 Å². The van der Waals surface area contributed by atoms with Gasteiger partial charge in [-0.3, -0.25) is 9.59 Å². The first-order valence-corrected chi connectivity index (χ1v) is 7.14. The summed E-state index contributed by atoms with van der Waals surface area (Å²) in [6.45, 7) is -2.63. The fraction of sp³-hybridized carbons (Fsp3) is 0.400. The Bertz CT molecular complexity index is 693. The number of hydrogen-bond donors (Lipinski definition) is 2. The molecule has 0 aliphatic rings. The zero-order valence-electron chi connectivity index (χ0n) is 13.5. The first kappa shape index (κ1) is 21.4. The van der Waals surface area contributed by atoms with E-state index in [4.69, 9.17) is 10.8 Å². The van der Waals surface area contributed by atoms with E-state index >= 15 is 0 Å². The molecule has 3 N–H and O–H groups in total. The average molecular weight is 380 g/mol. The van der Waals surface area contributed by atoms with E-state index in [1.807, 2.05) is 0 Å². The Balaban J connectivity index is 3.11. The number of carbonyl (C=O) groups excluding carboxylic acids is 2. The lowest BCUT2D eigenvalue weighted by molar-refractivity contribution is -0.164. The Kier molecular flexibility index (Phi) is 7.07. The van der Waals surface area contributed by atoms with E-state index in [1.54, 1.807) is 0 Å². The van der Waals surface area contributed by atoms with Gasteiger partial charge in [-0.15, -0.1) is 0 Å². The number of nitrogens with zero attached hydrogens (tertiary/aromatic N) is 1. The predicted molar refractivity (Wildman–Crippen MR) is 79.4 cm³/mol. The number of alkyl halides is 3. The van der Waals surface area contributed by atoms with Crippen LogP contribution in [0.2, 0.25) is 0 Å². The molecule has 0 fully saturated rings. The Morgan fingerprint density at radius 2 is 1.92 bits per heavy atom. The molecule has 1 aromatic rings. The number of esters is 1. The molecule has 11 heteroatoms. The van der Waals surface area contributed by atoms with Crippen LogP contribution < -0.4 is 5.73 Å². The fourth-order valence-electron chi connectivity index (χ4n) is 2.05. The van der Waals surface area contributed by atoms with E-state index in [9.17, 15) is 31.9 Å². The number of aromatic carboxylic acids is 1. The average Bonchev–Trinajstić information content (AvgIpc) is 2.53. The largest absolute Gasteiger partial charge is 0.478 e. The van der Waals surface area contributed by atoms with Crippen LogP contribution in [-0.4, -0.2) is 53.7 Å². The van der Waals surface area contributed by atoms with Crippen LogP contribution in [0.4, 0.5) is 17.6 Å². The maximum absolute atomic E-state index is 13.8. The van der Waals surface area contributed by atoms with Crippen LogP contribution in [0.3, 0.4) is 0 Å². The third-order valence-electron chi connectivity index (χ3n) is 3.27. The Morgan fingerprint density at radius 3 is 2.42 bits per heavy atom. The minimum absolute atomic E-state index is 0.206. The molecule has 26 heavy (non-hydrogen) atoms. The second-order valence-electron chi connectivity index (χ2n) is 5.31. The molecule has 144 valence electrons. The second kappa shape index (κ2) is 8.61. The van der Waals surface area contributed by atoms with Gasteiger partial charge in [0.15, 0.2) is 0 Å². The van der Waals surface area contributed by atoms with Crippen molar-refractivity contribution in [3.05, 3.63) is 35.1 Å². The number of hydrogen-bond acceptors (Lipinski definition) is 5. The topological polar surface area (TPSA) is 110 Å². The number of methoxy groups -OCH3 is 1. The minimum Gasteiger partial charge on any atom is -0.478 e. The minimum atomic E-state index is -4.82. The van der Waals surface area contributed by atoms with Gasteiger partial charge in [-0.25, -0.2) is 9.18 Å². The van der Waals surface area contributed by atoms with Gasteiger partial charge in [-0.2, -0.15) is 13.2 Å². The van der Waals surface area contributed by atoms with Crippen molar-refractivity contribution in [1.29, 1.82) is 0 Å². The Hall–Kier alpha value is -2.69. The molecule has 0 aromatic heterocycles. The van der Waals surface area contributed by atoms with Crippen molar-refractivity contribution in [2.45, 2.75) is 25.2 Å². The lowest BCUT2D eigenvalue weighted by atomic mass is 10.1. The summed E-state index contributed by atoms with van der Waals surface area (Å²) in [7, 11) is 1.01. The number of nitrogens with two attached hydrogens (primary N) is 1. The normalized spacial score (nSPS) is 12.4. The fourth-order valence-corrected chi connectivity index (χ4v) is 2.05. The van der Waals surface area contributed by atoms with Crippen LogP contribution >= 0.6 is 0 Å². The van der Waals surface area contributed by atoms with Crippen molar-refractivity contribution < 1.29 is 41.8 Å². The van der Waals surface area contributed by atoms with E-state index in [2.05, 4.69) is 4.74 Å². The summed E-state index contributed by atoms with van der Waals surface area (Å²) in [4.78, 5) is 34.4. The highest BCUT2D eigenvalue weighted by atomic mass is 19.4. The van der Waals surface area contributed by atoms with Gasteiger partial charge in [0.1, 0.15) is 12.4 Å². The summed E-state index contributed by atoms with van der Waals surface area (Å²) in [5, 5.41) is 8.89. The first-order chi connectivity index (χ1) is 11.9. The summed E-state index contributed by atoms with van der Waals surface area (Å²) < 4.78 is 56.4. The van der Waals surface area contributed by atoms with E-state index in [0.717, 1.165) is 25.3 Å². The molecule has 0 spiro atoms. The summed E-state index contributed by atoms with van der Waals surface area (Å²) in [5.41, 5.74) is 4.64. The third kappa shape index (κ3) is 6.31. The van der Waals surface area contributed by atoms with E-state index < -0.39 is 61.0 Å². The van der Waals surface area contributed by atoms with Crippen molar-refractivity contribution in [3.8, 4) is 0 Å². The maximum atomic E-state index is 13.8. The first-order valence-electron chi connectivity index (χ1n) is 7.14. The molecule has 0 radical (unpaired) electrons. The van der Waals surface area contributed by atoms with E-state index in [1.165, 1.54) is 0 Å². The number of ether oxygens (including phenoxy) is 1. The molecule has 0 saturated carbocycles. The van der Waals surface area contributed by atoms with Gasteiger partial charge >= 0.3 is 18.1 Å². The van der Waals surface area contributed by atoms with Gasteiger partial charge in [0, 0.05) is 12.1 Å². The predicted octanol–water partition coefficient (Wildman–Crippen LogP) is 1.31. The van der Waals surface area contributed by atoms with Crippen LogP contribution in [0, 0.1) is 5.82 Å². The lowest BCUT2D eigenvalue weighted by Gasteiger charge is -2.26. The number of halogens is 4. The number of amides is 1. The zero-order valence-corrected chi connectivity index (χ0v) is 13.5. The molecule has 1 amide bonds. The van der Waals surface area contributed by atoms with Crippen LogP contribution in [0.5, 0.6) is 0 Å². The number of carboxylic acid groups (broad SMARTS) is 1. The highest BCUT2D eigenvalue weighted by Crippen LogP contribution is 2.21. The Morgan fingerprint density at radius 1 is 1.31 bits per heavy atom. The van der Waals surface area contributed by atoms with Crippen molar-refractivity contribution in [1.82, 2.24) is 4.90 Å². The van der Waals surface area contributed by atoms with Crippen molar-refractivity contribution >= 4 is 17.8 Å². The quantitative estimate of drug-likeness (QED) is 0.545. The van der Waals surface area contributed by atoms with Gasteiger partial charge in [-0.05, 0) is 18.2 Å². The molecule has 7 nitrogen and oxygen atoms in total. The van der Waals surface area contributed by atoms with Crippen molar-refractivity contribution in [3.63, 3.8) is 0 Å². The number of carboxylic acids is 1.